The molecule has 2 saturated heterocycles. The first kappa shape index (κ1) is 15.0. The first-order valence-electron chi connectivity index (χ1n) is 8.43. The summed E-state index contributed by atoms with van der Waals surface area (Å²) in [6.45, 7) is 10.9. The van der Waals surface area contributed by atoms with Crippen molar-refractivity contribution >= 4 is 0 Å². The van der Waals surface area contributed by atoms with Gasteiger partial charge in [-0.2, -0.15) is 0 Å². The first-order chi connectivity index (χ1) is 10.0. The van der Waals surface area contributed by atoms with E-state index in [0.717, 1.165) is 30.2 Å². The molecule has 0 radical (unpaired) electrons. The number of piperidine rings is 1. The second-order valence-corrected chi connectivity index (χ2v) is 7.68. The van der Waals surface area contributed by atoms with Gasteiger partial charge in [0.15, 0.2) is 0 Å². The maximum absolute atomic E-state index is 5.91. The van der Waals surface area contributed by atoms with Crippen LogP contribution in [0.15, 0.2) is 10.6 Å². The molecule has 3 heterocycles. The van der Waals surface area contributed by atoms with Crippen molar-refractivity contribution in [1.29, 1.82) is 0 Å². The summed E-state index contributed by atoms with van der Waals surface area (Å²) in [5, 5.41) is 3.66. The van der Waals surface area contributed by atoms with Gasteiger partial charge in [0.1, 0.15) is 5.76 Å². The van der Waals surface area contributed by atoms with Crippen molar-refractivity contribution in [3.63, 3.8) is 0 Å². The van der Waals surface area contributed by atoms with Gasteiger partial charge >= 0.3 is 0 Å². The van der Waals surface area contributed by atoms with Gasteiger partial charge in [0.05, 0.1) is 12.7 Å². The van der Waals surface area contributed by atoms with Gasteiger partial charge in [-0.25, -0.2) is 4.98 Å². The Kier molecular flexibility index (Phi) is 4.36. The quantitative estimate of drug-likeness (QED) is 0.929. The molecule has 0 aromatic carbocycles. The molecule has 2 aliphatic heterocycles. The lowest BCUT2D eigenvalue weighted by molar-refractivity contribution is 0.145. The Morgan fingerprint density at radius 3 is 2.62 bits per heavy atom. The summed E-state index contributed by atoms with van der Waals surface area (Å²) in [6, 6.07) is 0.779. The molecular weight excluding hydrogens is 262 g/mol. The molecule has 4 heteroatoms. The van der Waals surface area contributed by atoms with E-state index in [9.17, 15) is 0 Å². The number of nitrogens with one attached hydrogen (secondary N) is 1. The molecule has 0 bridgehead atoms. The minimum absolute atomic E-state index is 0.0480. The SMILES string of the molecule is CC(C)(C)c1cnc(CN2CCC(C3CCCN3)CC2)o1. The van der Waals surface area contributed by atoms with Crippen LogP contribution in [0.4, 0.5) is 0 Å². The summed E-state index contributed by atoms with van der Waals surface area (Å²) in [4.78, 5) is 6.94. The Bertz CT molecular complexity index is 449. The number of oxazole rings is 1. The van der Waals surface area contributed by atoms with Gasteiger partial charge in [0.25, 0.3) is 0 Å². The van der Waals surface area contributed by atoms with Crippen LogP contribution < -0.4 is 5.32 Å². The predicted molar refractivity (Wildman–Crippen MR) is 84.2 cm³/mol. The average Bonchev–Trinajstić information content (AvgIpc) is 3.09. The van der Waals surface area contributed by atoms with Gasteiger partial charge in [-0.15, -0.1) is 0 Å². The lowest BCUT2D eigenvalue weighted by atomic mass is 9.88. The maximum atomic E-state index is 5.91. The van der Waals surface area contributed by atoms with E-state index in [0.29, 0.717) is 0 Å². The maximum Gasteiger partial charge on any atom is 0.208 e. The monoisotopic (exact) mass is 291 g/mol. The zero-order valence-electron chi connectivity index (χ0n) is 13.7. The highest BCUT2D eigenvalue weighted by atomic mass is 16.4. The van der Waals surface area contributed by atoms with Crippen molar-refractivity contribution in [2.24, 2.45) is 5.92 Å². The Morgan fingerprint density at radius 2 is 2.05 bits per heavy atom. The Balaban J connectivity index is 1.50. The van der Waals surface area contributed by atoms with E-state index in [1.165, 1.54) is 45.3 Å². The van der Waals surface area contributed by atoms with E-state index in [1.54, 1.807) is 0 Å². The third-order valence-corrected chi connectivity index (χ3v) is 4.95. The molecule has 1 atom stereocenters. The number of nitrogens with zero attached hydrogens (tertiary/aromatic N) is 2. The zero-order chi connectivity index (χ0) is 14.9. The van der Waals surface area contributed by atoms with Crippen LogP contribution >= 0.6 is 0 Å². The number of hydrogen-bond acceptors (Lipinski definition) is 4. The van der Waals surface area contributed by atoms with E-state index in [2.05, 4.69) is 36.0 Å². The predicted octanol–water partition coefficient (Wildman–Crippen LogP) is 2.94. The van der Waals surface area contributed by atoms with Gasteiger partial charge in [-0.05, 0) is 51.2 Å². The van der Waals surface area contributed by atoms with E-state index in [1.807, 2.05) is 6.20 Å². The molecular formula is C17H29N3O. The van der Waals surface area contributed by atoms with Gasteiger partial charge in [0.2, 0.25) is 5.89 Å². The molecule has 118 valence electrons. The summed E-state index contributed by atoms with van der Waals surface area (Å²) in [7, 11) is 0. The third-order valence-electron chi connectivity index (χ3n) is 4.95. The van der Waals surface area contributed by atoms with Gasteiger partial charge in [-0.3, -0.25) is 4.90 Å². The van der Waals surface area contributed by atoms with Crippen molar-refractivity contribution in [3.05, 3.63) is 17.8 Å². The zero-order valence-corrected chi connectivity index (χ0v) is 13.7. The fourth-order valence-electron chi connectivity index (χ4n) is 3.55. The molecule has 0 amide bonds. The van der Waals surface area contributed by atoms with E-state index < -0.39 is 0 Å². The molecule has 21 heavy (non-hydrogen) atoms. The van der Waals surface area contributed by atoms with Gasteiger partial charge in [-0.1, -0.05) is 20.8 Å². The smallest absolute Gasteiger partial charge is 0.208 e. The average molecular weight is 291 g/mol. The molecule has 1 unspecified atom stereocenters. The van der Waals surface area contributed by atoms with Gasteiger partial charge in [0, 0.05) is 11.5 Å². The van der Waals surface area contributed by atoms with Gasteiger partial charge < -0.3 is 9.73 Å². The first-order valence-corrected chi connectivity index (χ1v) is 8.43. The van der Waals surface area contributed by atoms with E-state index >= 15 is 0 Å². The highest BCUT2D eigenvalue weighted by Crippen LogP contribution is 2.27. The Hall–Kier alpha value is -0.870. The minimum atomic E-state index is 0.0480. The fraction of sp³-hybridized carbons (Fsp3) is 0.824. The summed E-state index contributed by atoms with van der Waals surface area (Å²) < 4.78 is 5.91. The number of rotatable bonds is 3. The second-order valence-electron chi connectivity index (χ2n) is 7.68. The molecule has 0 aliphatic carbocycles. The number of aromatic nitrogens is 1. The molecule has 4 nitrogen and oxygen atoms in total. The lowest BCUT2D eigenvalue weighted by Crippen LogP contribution is -2.40. The van der Waals surface area contributed by atoms with Crippen LogP contribution in [0, 0.1) is 5.92 Å². The summed E-state index contributed by atoms with van der Waals surface area (Å²) >= 11 is 0. The van der Waals surface area contributed by atoms with Crippen molar-refractivity contribution in [3.8, 4) is 0 Å². The van der Waals surface area contributed by atoms with E-state index in [-0.39, 0.29) is 5.41 Å². The summed E-state index contributed by atoms with van der Waals surface area (Å²) in [5.74, 6) is 2.73. The minimum Gasteiger partial charge on any atom is -0.444 e. The van der Waals surface area contributed by atoms with Crippen molar-refractivity contribution in [2.75, 3.05) is 19.6 Å². The summed E-state index contributed by atoms with van der Waals surface area (Å²) in [5.41, 5.74) is 0.0480. The van der Waals surface area contributed by atoms with Crippen LogP contribution in [-0.4, -0.2) is 35.6 Å². The second kappa shape index (κ2) is 6.09. The Morgan fingerprint density at radius 1 is 1.29 bits per heavy atom. The third kappa shape index (κ3) is 3.67. The standard InChI is InChI=1S/C17H29N3O/c1-17(2,3)15-11-19-16(21-15)12-20-9-6-13(7-10-20)14-5-4-8-18-14/h11,13-14,18H,4-10,12H2,1-3H3. The number of hydrogen-bond donors (Lipinski definition) is 1. The molecule has 1 aromatic rings. The molecule has 1 aromatic heterocycles. The van der Waals surface area contributed by atoms with Crippen molar-refractivity contribution < 1.29 is 4.42 Å². The molecule has 0 saturated carbocycles. The van der Waals surface area contributed by atoms with E-state index in [4.69, 9.17) is 4.42 Å². The Labute approximate surface area is 128 Å². The molecule has 2 aliphatic rings. The fourth-order valence-corrected chi connectivity index (χ4v) is 3.55. The molecule has 3 rings (SSSR count). The summed E-state index contributed by atoms with van der Waals surface area (Å²) in [6.07, 6.45) is 7.25. The molecule has 0 spiro atoms. The molecule has 1 N–H and O–H groups in total. The largest absolute Gasteiger partial charge is 0.444 e. The van der Waals surface area contributed by atoms with Crippen LogP contribution in [0.5, 0.6) is 0 Å². The van der Waals surface area contributed by atoms with Crippen LogP contribution in [-0.2, 0) is 12.0 Å². The van der Waals surface area contributed by atoms with Crippen molar-refractivity contribution in [1.82, 2.24) is 15.2 Å². The van der Waals surface area contributed by atoms with Crippen LogP contribution in [0.1, 0.15) is 58.1 Å². The topological polar surface area (TPSA) is 41.3 Å². The normalized spacial score (nSPS) is 25.6. The van der Waals surface area contributed by atoms with Crippen LogP contribution in [0.3, 0.4) is 0 Å². The number of likely N-dealkylation sites (tertiary alicyclic amines) is 1. The highest BCUT2D eigenvalue weighted by molar-refractivity contribution is 5.06. The highest BCUT2D eigenvalue weighted by Gasteiger charge is 2.29. The molecule has 2 fully saturated rings. The van der Waals surface area contributed by atoms with Crippen LogP contribution in [0.25, 0.3) is 0 Å². The van der Waals surface area contributed by atoms with Crippen molar-refractivity contribution in [2.45, 2.75) is 64.5 Å². The van der Waals surface area contributed by atoms with Crippen LogP contribution in [0.2, 0.25) is 0 Å². The lowest BCUT2D eigenvalue weighted by Gasteiger charge is -2.34.